The molecule has 9 heteroatoms. The second-order valence-electron chi connectivity index (χ2n) is 3.76. The first kappa shape index (κ1) is 20.8. The van der Waals surface area contributed by atoms with Crippen LogP contribution in [0.15, 0.2) is 17.1 Å². The fourth-order valence-corrected chi connectivity index (χ4v) is 1.84. The Morgan fingerprint density at radius 3 is 2.05 bits per heavy atom. The van der Waals surface area contributed by atoms with E-state index in [9.17, 15) is 13.0 Å². The summed E-state index contributed by atoms with van der Waals surface area (Å²) < 4.78 is 46.8. The molecule has 0 unspecified atom stereocenters. The molecule has 1 aromatic rings. The largest absolute Gasteiger partial charge is 1.00 e. The Hall–Kier alpha value is -0.164. The van der Waals surface area contributed by atoms with E-state index in [0.29, 0.717) is 22.8 Å². The van der Waals surface area contributed by atoms with Crippen molar-refractivity contribution in [2.24, 2.45) is 4.99 Å². The van der Waals surface area contributed by atoms with Crippen LogP contribution in [0.5, 0.6) is 17.2 Å². The minimum atomic E-state index is -4.25. The molecular weight excluding hydrogens is 325 g/mol. The van der Waals surface area contributed by atoms with E-state index < -0.39 is 15.9 Å². The third-order valence-electron chi connectivity index (χ3n) is 2.40. The van der Waals surface area contributed by atoms with Crippen molar-refractivity contribution in [3.05, 3.63) is 17.7 Å². The number of hydrogen-bond donors (Lipinski definition) is 0. The molecule has 7 nitrogen and oxygen atoms in total. The van der Waals surface area contributed by atoms with Crippen molar-refractivity contribution in [3.63, 3.8) is 0 Å². The standard InChI is InChI=1S/C12H17NO6S.K/c1-17-10-6-9(7-11(18-2)12(10)19-3)8-13-4-5-20(14,15)16;/h6-8H,4-5H2,1-3H3,(H,14,15,16);/q;+1/p-1. The Morgan fingerprint density at radius 1 is 1.14 bits per heavy atom. The quantitative estimate of drug-likeness (QED) is 0.314. The fraction of sp³-hybridized carbons (Fsp3) is 0.417. The van der Waals surface area contributed by atoms with Crippen molar-refractivity contribution in [2.45, 2.75) is 0 Å². The SMILES string of the molecule is COc1cc(C=NCCS(=O)(=O)[O-])cc(OC)c1OC.[K+]. The Bertz CT molecular complexity index is 562. The van der Waals surface area contributed by atoms with E-state index >= 15 is 0 Å². The van der Waals surface area contributed by atoms with E-state index in [0.717, 1.165) is 0 Å². The summed E-state index contributed by atoms with van der Waals surface area (Å²) in [5, 5.41) is 0. The van der Waals surface area contributed by atoms with Gasteiger partial charge in [0.2, 0.25) is 5.75 Å². The van der Waals surface area contributed by atoms with Gasteiger partial charge >= 0.3 is 51.4 Å². The van der Waals surface area contributed by atoms with Crippen molar-refractivity contribution in [1.82, 2.24) is 0 Å². The fourth-order valence-electron chi connectivity index (χ4n) is 1.51. The molecule has 0 amide bonds. The number of methoxy groups -OCH3 is 3. The summed E-state index contributed by atoms with van der Waals surface area (Å²) >= 11 is 0. The first-order valence-electron chi connectivity index (χ1n) is 5.64. The van der Waals surface area contributed by atoms with Crippen LogP contribution in [0.25, 0.3) is 0 Å². The zero-order valence-corrected chi connectivity index (χ0v) is 16.4. The average Bonchev–Trinajstić information content (AvgIpc) is 2.41. The van der Waals surface area contributed by atoms with E-state index in [-0.39, 0.29) is 57.9 Å². The monoisotopic (exact) mass is 341 g/mol. The summed E-state index contributed by atoms with van der Waals surface area (Å²) in [5.74, 6) is 0.845. The minimum absolute atomic E-state index is 0. The zero-order chi connectivity index (χ0) is 15.2. The number of aliphatic imine (C=N–C) groups is 1. The van der Waals surface area contributed by atoms with Crippen LogP contribution in [0.4, 0.5) is 0 Å². The normalized spacial score (nSPS) is 11.0. The van der Waals surface area contributed by atoms with Crippen molar-refractivity contribution >= 4 is 16.3 Å². The molecule has 0 aliphatic rings. The van der Waals surface area contributed by atoms with E-state index in [1.54, 1.807) is 12.1 Å². The predicted molar refractivity (Wildman–Crippen MR) is 73.1 cm³/mol. The molecule has 21 heavy (non-hydrogen) atoms. The van der Waals surface area contributed by atoms with Gasteiger partial charge in [0.1, 0.15) is 0 Å². The third kappa shape index (κ3) is 7.09. The molecule has 0 spiro atoms. The van der Waals surface area contributed by atoms with Crippen molar-refractivity contribution in [1.29, 1.82) is 0 Å². The summed E-state index contributed by atoms with van der Waals surface area (Å²) in [6, 6.07) is 3.33. The average molecular weight is 341 g/mol. The van der Waals surface area contributed by atoms with Gasteiger partial charge in [-0.15, -0.1) is 0 Å². The summed E-state index contributed by atoms with van der Waals surface area (Å²) in [4.78, 5) is 3.88. The molecule has 0 heterocycles. The molecule has 0 N–H and O–H groups in total. The molecule has 0 radical (unpaired) electrons. The zero-order valence-electron chi connectivity index (χ0n) is 12.5. The first-order chi connectivity index (χ1) is 9.41. The van der Waals surface area contributed by atoms with Gasteiger partial charge in [0.25, 0.3) is 0 Å². The maximum absolute atomic E-state index is 10.4. The molecule has 112 valence electrons. The summed E-state index contributed by atoms with van der Waals surface area (Å²) in [6.45, 7) is -0.0947. The Balaban J connectivity index is 0.00000400. The second kappa shape index (κ2) is 9.77. The molecule has 1 aromatic carbocycles. The van der Waals surface area contributed by atoms with Gasteiger partial charge in [-0.05, 0) is 17.7 Å². The van der Waals surface area contributed by atoms with Crippen LogP contribution < -0.4 is 65.6 Å². The molecule has 0 aliphatic heterocycles. The van der Waals surface area contributed by atoms with Crippen molar-refractivity contribution in [3.8, 4) is 17.2 Å². The molecule has 1 rings (SSSR count). The molecule has 0 saturated carbocycles. The minimum Gasteiger partial charge on any atom is -0.748 e. The van der Waals surface area contributed by atoms with E-state index in [2.05, 4.69) is 4.99 Å². The van der Waals surface area contributed by atoms with Crippen LogP contribution in [0, 0.1) is 0 Å². The molecular formula is C12H16KNO6S. The number of nitrogens with zero attached hydrogens (tertiary/aromatic N) is 1. The van der Waals surface area contributed by atoms with Gasteiger partial charge in [-0.25, -0.2) is 8.42 Å². The summed E-state index contributed by atoms with van der Waals surface area (Å²) in [7, 11) is 0.222. The molecule has 0 aliphatic carbocycles. The number of hydrogen-bond acceptors (Lipinski definition) is 7. The molecule has 0 bridgehead atoms. The van der Waals surface area contributed by atoms with Crippen LogP contribution in [-0.4, -0.2) is 52.8 Å². The number of rotatable bonds is 7. The molecule has 0 saturated heterocycles. The third-order valence-corrected chi connectivity index (χ3v) is 3.08. The maximum atomic E-state index is 10.4. The van der Waals surface area contributed by atoms with Gasteiger partial charge in [0, 0.05) is 6.21 Å². The van der Waals surface area contributed by atoms with E-state index in [1.807, 2.05) is 0 Å². The number of ether oxygens (including phenoxy) is 3. The van der Waals surface area contributed by atoms with Gasteiger partial charge in [-0.3, -0.25) is 4.99 Å². The molecule has 0 aromatic heterocycles. The summed E-state index contributed by atoms with van der Waals surface area (Å²) in [5.41, 5.74) is 0.641. The topological polar surface area (TPSA) is 97.2 Å². The van der Waals surface area contributed by atoms with Crippen molar-refractivity contribution < 1.29 is 78.6 Å². The van der Waals surface area contributed by atoms with Crippen LogP contribution in [-0.2, 0) is 10.1 Å². The van der Waals surface area contributed by atoms with Crippen LogP contribution in [0.2, 0.25) is 0 Å². The van der Waals surface area contributed by atoms with Gasteiger partial charge in [0.15, 0.2) is 11.5 Å². The van der Waals surface area contributed by atoms with Crippen LogP contribution >= 0.6 is 0 Å². The smallest absolute Gasteiger partial charge is 0.748 e. The van der Waals surface area contributed by atoms with Gasteiger partial charge in [-0.2, -0.15) is 0 Å². The van der Waals surface area contributed by atoms with E-state index in [1.165, 1.54) is 27.5 Å². The number of benzene rings is 1. The van der Waals surface area contributed by atoms with Gasteiger partial charge < -0.3 is 18.8 Å². The second-order valence-corrected chi connectivity index (χ2v) is 5.28. The van der Waals surface area contributed by atoms with Gasteiger partial charge in [-0.1, -0.05) is 0 Å². The molecule has 0 fully saturated rings. The van der Waals surface area contributed by atoms with Crippen LogP contribution in [0.3, 0.4) is 0 Å². The Morgan fingerprint density at radius 2 is 1.67 bits per heavy atom. The van der Waals surface area contributed by atoms with Gasteiger partial charge in [0.05, 0.1) is 43.7 Å². The summed E-state index contributed by atoms with van der Waals surface area (Å²) in [6.07, 6.45) is 1.44. The van der Waals surface area contributed by atoms with Crippen molar-refractivity contribution in [2.75, 3.05) is 33.6 Å². The maximum Gasteiger partial charge on any atom is 1.00 e. The Kier molecular flexibility index (Phi) is 9.70. The Labute approximate surface area is 166 Å². The predicted octanol–water partition coefficient (Wildman–Crippen LogP) is -2.32. The first-order valence-corrected chi connectivity index (χ1v) is 7.22. The van der Waals surface area contributed by atoms with Crippen LogP contribution in [0.1, 0.15) is 5.56 Å². The molecule has 0 atom stereocenters. The van der Waals surface area contributed by atoms with E-state index in [4.69, 9.17) is 14.2 Å².